The SMILES string of the molecule is CCN(CC)CC(=O)N1Cc2nc(C(=O)O)cn2-c2ccccc21. The van der Waals surface area contributed by atoms with Gasteiger partial charge >= 0.3 is 5.97 Å². The Labute approximate surface area is 140 Å². The Balaban J connectivity index is 1.99. The van der Waals surface area contributed by atoms with Crippen molar-refractivity contribution in [2.75, 3.05) is 24.5 Å². The standard InChI is InChI=1S/C17H20N4O3/c1-3-19(4-2)11-16(22)21-10-15-18-12(17(23)24)9-20(15)13-7-5-6-8-14(13)21/h5-9H,3-4,10-11H2,1-2H3,(H,23,24). The summed E-state index contributed by atoms with van der Waals surface area (Å²) in [6, 6.07) is 7.47. The topological polar surface area (TPSA) is 78.7 Å². The average molecular weight is 328 g/mol. The second kappa shape index (κ2) is 6.45. The molecular weight excluding hydrogens is 308 g/mol. The zero-order chi connectivity index (χ0) is 17.3. The predicted octanol–water partition coefficient (Wildman–Crippen LogP) is 1.76. The van der Waals surface area contributed by atoms with Gasteiger partial charge in [-0.15, -0.1) is 0 Å². The van der Waals surface area contributed by atoms with Crippen LogP contribution in [0, 0.1) is 0 Å². The number of aromatic carboxylic acids is 1. The molecule has 3 rings (SSSR count). The Morgan fingerprint density at radius 1 is 1.21 bits per heavy atom. The van der Waals surface area contributed by atoms with E-state index in [2.05, 4.69) is 9.88 Å². The summed E-state index contributed by atoms with van der Waals surface area (Å²) in [6.45, 7) is 6.24. The highest BCUT2D eigenvalue weighted by molar-refractivity contribution is 5.97. The summed E-state index contributed by atoms with van der Waals surface area (Å²) in [6.07, 6.45) is 1.50. The molecule has 7 nitrogen and oxygen atoms in total. The molecule has 0 spiro atoms. The van der Waals surface area contributed by atoms with Crippen molar-refractivity contribution in [3.05, 3.63) is 42.0 Å². The lowest BCUT2D eigenvalue weighted by Crippen LogP contribution is -2.42. The van der Waals surface area contributed by atoms with E-state index in [9.17, 15) is 14.7 Å². The van der Waals surface area contributed by atoms with Crippen molar-refractivity contribution in [3.8, 4) is 5.69 Å². The van der Waals surface area contributed by atoms with Crippen molar-refractivity contribution in [1.82, 2.24) is 14.5 Å². The first-order valence-corrected chi connectivity index (χ1v) is 7.98. The number of hydrogen-bond donors (Lipinski definition) is 1. The number of para-hydroxylation sites is 2. The van der Waals surface area contributed by atoms with E-state index >= 15 is 0 Å². The van der Waals surface area contributed by atoms with Crippen LogP contribution in [0.1, 0.15) is 30.2 Å². The van der Waals surface area contributed by atoms with E-state index in [0.29, 0.717) is 12.4 Å². The predicted molar refractivity (Wildman–Crippen MR) is 89.5 cm³/mol. The molecule has 1 aliphatic rings. The van der Waals surface area contributed by atoms with E-state index in [-0.39, 0.29) is 18.1 Å². The number of anilines is 1. The minimum absolute atomic E-state index is 0.0159. The van der Waals surface area contributed by atoms with Crippen molar-refractivity contribution in [2.45, 2.75) is 20.4 Å². The van der Waals surface area contributed by atoms with Gasteiger partial charge in [-0.1, -0.05) is 26.0 Å². The van der Waals surface area contributed by atoms with Crippen LogP contribution in [0.2, 0.25) is 0 Å². The molecule has 2 aromatic rings. The highest BCUT2D eigenvalue weighted by atomic mass is 16.4. The third kappa shape index (κ3) is 2.78. The lowest BCUT2D eigenvalue weighted by molar-refractivity contribution is -0.119. The number of imidazole rings is 1. The van der Waals surface area contributed by atoms with E-state index in [4.69, 9.17) is 0 Å². The third-order valence-electron chi connectivity index (χ3n) is 4.28. The molecule has 7 heteroatoms. The molecule has 0 radical (unpaired) electrons. The van der Waals surface area contributed by atoms with E-state index in [0.717, 1.165) is 24.5 Å². The summed E-state index contributed by atoms with van der Waals surface area (Å²) in [5.74, 6) is -0.535. The van der Waals surface area contributed by atoms with Crippen molar-refractivity contribution in [1.29, 1.82) is 0 Å². The third-order valence-corrected chi connectivity index (χ3v) is 4.28. The van der Waals surface area contributed by atoms with Crippen LogP contribution in [-0.4, -0.2) is 51.1 Å². The molecule has 2 heterocycles. The Morgan fingerprint density at radius 3 is 2.50 bits per heavy atom. The van der Waals surface area contributed by atoms with Crippen molar-refractivity contribution in [3.63, 3.8) is 0 Å². The molecule has 1 amide bonds. The summed E-state index contributed by atoms with van der Waals surface area (Å²) < 4.78 is 1.75. The van der Waals surface area contributed by atoms with Crippen LogP contribution >= 0.6 is 0 Å². The van der Waals surface area contributed by atoms with Gasteiger partial charge in [-0.25, -0.2) is 9.78 Å². The lowest BCUT2D eigenvalue weighted by atomic mass is 10.2. The molecule has 0 aliphatic carbocycles. The second-order valence-electron chi connectivity index (χ2n) is 5.65. The summed E-state index contributed by atoms with van der Waals surface area (Å²) in [5, 5.41) is 9.18. The smallest absolute Gasteiger partial charge is 0.356 e. The van der Waals surface area contributed by atoms with Crippen LogP contribution in [0.5, 0.6) is 0 Å². The molecule has 0 atom stereocenters. The number of benzene rings is 1. The number of rotatable bonds is 5. The van der Waals surface area contributed by atoms with Crippen molar-refractivity contribution < 1.29 is 14.7 Å². The van der Waals surface area contributed by atoms with Gasteiger partial charge in [-0.05, 0) is 25.2 Å². The van der Waals surface area contributed by atoms with Gasteiger partial charge in [0.15, 0.2) is 5.69 Å². The quantitative estimate of drug-likeness (QED) is 0.905. The number of carboxylic acid groups (broad SMARTS) is 1. The molecule has 1 aliphatic heterocycles. The number of likely N-dealkylation sites (N-methyl/N-ethyl adjacent to an activating group) is 1. The molecule has 24 heavy (non-hydrogen) atoms. The van der Waals surface area contributed by atoms with Gasteiger partial charge in [0.1, 0.15) is 5.82 Å². The fraction of sp³-hybridized carbons (Fsp3) is 0.353. The zero-order valence-corrected chi connectivity index (χ0v) is 13.8. The fourth-order valence-corrected chi connectivity index (χ4v) is 2.91. The number of carboxylic acids is 1. The van der Waals surface area contributed by atoms with Gasteiger partial charge < -0.3 is 10.0 Å². The summed E-state index contributed by atoms with van der Waals surface area (Å²) in [4.78, 5) is 31.9. The Hall–Kier alpha value is -2.67. The van der Waals surface area contributed by atoms with Gasteiger partial charge in [0, 0.05) is 6.20 Å². The van der Waals surface area contributed by atoms with E-state index < -0.39 is 5.97 Å². The first kappa shape index (κ1) is 16.2. The number of carbonyl (C=O) groups is 2. The number of amides is 1. The van der Waals surface area contributed by atoms with Crippen LogP contribution in [0.15, 0.2) is 30.5 Å². The van der Waals surface area contributed by atoms with E-state index in [1.54, 1.807) is 9.47 Å². The van der Waals surface area contributed by atoms with Gasteiger partial charge in [-0.2, -0.15) is 0 Å². The molecule has 1 aromatic carbocycles. The van der Waals surface area contributed by atoms with Crippen LogP contribution in [0.4, 0.5) is 5.69 Å². The summed E-state index contributed by atoms with van der Waals surface area (Å²) in [5.41, 5.74) is 1.53. The van der Waals surface area contributed by atoms with Crippen LogP contribution in [0.3, 0.4) is 0 Å². The molecule has 1 aromatic heterocycles. The first-order chi connectivity index (χ1) is 11.5. The van der Waals surface area contributed by atoms with E-state index in [1.165, 1.54) is 6.20 Å². The number of hydrogen-bond acceptors (Lipinski definition) is 4. The molecule has 1 N–H and O–H groups in total. The van der Waals surface area contributed by atoms with Gasteiger partial charge in [-0.3, -0.25) is 14.3 Å². The number of fused-ring (bicyclic) bond motifs is 3. The lowest BCUT2D eigenvalue weighted by Gasteiger charge is -2.31. The second-order valence-corrected chi connectivity index (χ2v) is 5.65. The van der Waals surface area contributed by atoms with Crippen molar-refractivity contribution >= 4 is 17.6 Å². The minimum Gasteiger partial charge on any atom is -0.476 e. The number of nitrogens with zero attached hydrogens (tertiary/aromatic N) is 4. The molecule has 0 bridgehead atoms. The monoisotopic (exact) mass is 328 g/mol. The summed E-state index contributed by atoms with van der Waals surface area (Å²) >= 11 is 0. The largest absolute Gasteiger partial charge is 0.476 e. The normalized spacial score (nSPS) is 12.9. The molecule has 0 unspecified atom stereocenters. The molecule has 0 fully saturated rings. The van der Waals surface area contributed by atoms with Gasteiger partial charge in [0.25, 0.3) is 0 Å². The van der Waals surface area contributed by atoms with Gasteiger partial charge in [0.2, 0.25) is 5.91 Å². The molecule has 126 valence electrons. The maximum Gasteiger partial charge on any atom is 0.356 e. The zero-order valence-electron chi connectivity index (χ0n) is 13.8. The minimum atomic E-state index is -1.07. The Bertz CT molecular complexity index is 780. The fourth-order valence-electron chi connectivity index (χ4n) is 2.91. The average Bonchev–Trinajstić information content (AvgIpc) is 3.03. The van der Waals surface area contributed by atoms with Crippen LogP contribution < -0.4 is 4.90 Å². The van der Waals surface area contributed by atoms with Crippen LogP contribution in [-0.2, 0) is 11.3 Å². The van der Waals surface area contributed by atoms with E-state index in [1.807, 2.05) is 38.1 Å². The first-order valence-electron chi connectivity index (χ1n) is 7.98. The van der Waals surface area contributed by atoms with Gasteiger partial charge in [0.05, 0.1) is 24.5 Å². The Kier molecular flexibility index (Phi) is 4.35. The maximum absolute atomic E-state index is 12.8. The Morgan fingerprint density at radius 2 is 1.88 bits per heavy atom. The molecule has 0 saturated carbocycles. The highest BCUT2D eigenvalue weighted by Gasteiger charge is 2.29. The molecular formula is C17H20N4O3. The number of aromatic nitrogens is 2. The number of carbonyl (C=O) groups excluding carboxylic acids is 1. The highest BCUT2D eigenvalue weighted by Crippen LogP contribution is 2.32. The maximum atomic E-state index is 12.8. The summed E-state index contributed by atoms with van der Waals surface area (Å²) in [7, 11) is 0. The van der Waals surface area contributed by atoms with Crippen LogP contribution in [0.25, 0.3) is 5.69 Å². The van der Waals surface area contributed by atoms with Crippen molar-refractivity contribution in [2.24, 2.45) is 0 Å². The molecule has 0 saturated heterocycles.